The molecule has 1 amide bonds. The van der Waals surface area contributed by atoms with E-state index in [0.29, 0.717) is 12.1 Å². The Morgan fingerprint density at radius 1 is 1.30 bits per heavy atom. The summed E-state index contributed by atoms with van der Waals surface area (Å²) in [5.41, 5.74) is 0.432. The molecule has 0 radical (unpaired) electrons. The smallest absolute Gasteiger partial charge is 0.251 e. The van der Waals surface area contributed by atoms with Crippen LogP contribution in [0.5, 0.6) is 0 Å². The average Bonchev–Trinajstić information content (AvgIpc) is 3.20. The van der Waals surface area contributed by atoms with Crippen LogP contribution in [0.4, 0.5) is 0 Å². The third-order valence-corrected chi connectivity index (χ3v) is 5.29. The van der Waals surface area contributed by atoms with E-state index in [1.165, 1.54) is 29.9 Å². The zero-order chi connectivity index (χ0) is 16.2. The molecule has 2 aromatic heterocycles. The van der Waals surface area contributed by atoms with Crippen molar-refractivity contribution in [2.45, 2.75) is 18.9 Å². The van der Waals surface area contributed by atoms with Crippen molar-refractivity contribution in [1.82, 2.24) is 15.2 Å². The fraction of sp³-hybridized carbons (Fsp3) is 0.375. The van der Waals surface area contributed by atoms with E-state index < -0.39 is 0 Å². The first-order valence-corrected chi connectivity index (χ1v) is 9.16. The lowest BCUT2D eigenvalue weighted by molar-refractivity contribution is 0.0938. The Hall–Kier alpha value is -1.14. The van der Waals surface area contributed by atoms with Gasteiger partial charge in [-0.15, -0.1) is 11.3 Å². The normalized spacial score (nSPS) is 16.4. The Labute approximate surface area is 149 Å². The molecule has 3 rings (SSSR count). The van der Waals surface area contributed by atoms with Gasteiger partial charge in [0, 0.05) is 17.0 Å². The highest BCUT2D eigenvalue weighted by molar-refractivity contribution is 7.10. The monoisotopic (exact) mass is 369 g/mol. The van der Waals surface area contributed by atoms with Crippen molar-refractivity contribution >= 4 is 40.4 Å². The minimum Gasteiger partial charge on any atom is -0.350 e. The summed E-state index contributed by atoms with van der Waals surface area (Å²) in [6.45, 7) is 2.72. The van der Waals surface area contributed by atoms with Crippen LogP contribution in [0.1, 0.15) is 34.1 Å². The summed E-state index contributed by atoms with van der Waals surface area (Å²) in [5, 5.41) is 5.51. The largest absolute Gasteiger partial charge is 0.350 e. The summed E-state index contributed by atoms with van der Waals surface area (Å²) in [4.78, 5) is 19.9. The molecule has 0 bridgehead atoms. The van der Waals surface area contributed by atoms with Gasteiger partial charge in [-0.05, 0) is 49.5 Å². The van der Waals surface area contributed by atoms with Crippen LogP contribution in [-0.2, 0) is 0 Å². The third-order valence-electron chi connectivity index (χ3n) is 3.93. The molecule has 1 aliphatic heterocycles. The number of hydrogen-bond donors (Lipinski definition) is 1. The van der Waals surface area contributed by atoms with Crippen molar-refractivity contribution in [3.63, 3.8) is 0 Å². The average molecular weight is 370 g/mol. The maximum atomic E-state index is 12.4. The van der Waals surface area contributed by atoms with Crippen molar-refractivity contribution in [2.75, 3.05) is 19.6 Å². The Kier molecular flexibility index (Phi) is 5.54. The lowest BCUT2D eigenvalue weighted by Crippen LogP contribution is -2.36. The van der Waals surface area contributed by atoms with Gasteiger partial charge in [-0.2, -0.15) is 0 Å². The van der Waals surface area contributed by atoms with E-state index in [1.807, 2.05) is 6.07 Å². The van der Waals surface area contributed by atoms with E-state index in [1.54, 1.807) is 11.3 Å². The summed E-state index contributed by atoms with van der Waals surface area (Å²) in [6.07, 6.45) is 2.43. The molecule has 0 spiro atoms. The zero-order valence-electron chi connectivity index (χ0n) is 12.5. The lowest BCUT2D eigenvalue weighted by Gasteiger charge is -2.26. The second kappa shape index (κ2) is 7.62. The third kappa shape index (κ3) is 4.23. The number of likely N-dealkylation sites (tertiary alicyclic amines) is 1. The van der Waals surface area contributed by atoms with Crippen molar-refractivity contribution in [1.29, 1.82) is 0 Å². The molecule has 7 heteroatoms. The van der Waals surface area contributed by atoms with E-state index in [2.05, 4.69) is 26.6 Å². The van der Waals surface area contributed by atoms with Crippen LogP contribution in [0.2, 0.25) is 10.3 Å². The molecule has 2 aromatic rings. The Bertz CT molecular complexity index is 652. The Morgan fingerprint density at radius 3 is 2.61 bits per heavy atom. The maximum Gasteiger partial charge on any atom is 0.251 e. The van der Waals surface area contributed by atoms with E-state index in [4.69, 9.17) is 23.2 Å². The van der Waals surface area contributed by atoms with Crippen LogP contribution in [0.15, 0.2) is 29.6 Å². The summed E-state index contributed by atoms with van der Waals surface area (Å²) in [6, 6.07) is 7.44. The second-order valence-electron chi connectivity index (χ2n) is 5.49. The summed E-state index contributed by atoms with van der Waals surface area (Å²) < 4.78 is 0. The first-order valence-electron chi connectivity index (χ1n) is 7.52. The Morgan fingerprint density at radius 2 is 2.00 bits per heavy atom. The molecular formula is C16H17Cl2N3OS. The molecule has 1 unspecified atom stereocenters. The fourth-order valence-electron chi connectivity index (χ4n) is 2.83. The number of halogens is 2. The van der Waals surface area contributed by atoms with Gasteiger partial charge in [-0.1, -0.05) is 29.3 Å². The molecule has 1 fully saturated rings. The number of carbonyl (C=O) groups excluding carboxylic acids is 1. The van der Waals surface area contributed by atoms with Gasteiger partial charge in [0.1, 0.15) is 10.3 Å². The van der Waals surface area contributed by atoms with E-state index in [0.717, 1.165) is 13.1 Å². The predicted octanol–water partition coefficient (Wildman–Crippen LogP) is 4.02. The summed E-state index contributed by atoms with van der Waals surface area (Å²) in [7, 11) is 0. The van der Waals surface area contributed by atoms with Crippen LogP contribution < -0.4 is 5.32 Å². The van der Waals surface area contributed by atoms with Crippen LogP contribution in [0.3, 0.4) is 0 Å². The SMILES string of the molecule is O=C(NCC(c1cccs1)N1CCCC1)c1cc(Cl)nc(Cl)c1. The van der Waals surface area contributed by atoms with Crippen molar-refractivity contribution in [2.24, 2.45) is 0 Å². The van der Waals surface area contributed by atoms with Gasteiger partial charge in [-0.25, -0.2) is 4.98 Å². The molecule has 1 atom stereocenters. The molecule has 3 heterocycles. The molecular weight excluding hydrogens is 353 g/mol. The standard InChI is InChI=1S/C16H17Cl2N3OS/c17-14-8-11(9-15(18)20-14)16(22)19-10-12(13-4-3-7-23-13)21-5-1-2-6-21/h3-4,7-9,12H,1-2,5-6,10H2,(H,19,22). The van der Waals surface area contributed by atoms with Crippen molar-refractivity contribution in [3.8, 4) is 0 Å². The highest BCUT2D eigenvalue weighted by Crippen LogP contribution is 2.28. The van der Waals surface area contributed by atoms with Crippen molar-refractivity contribution in [3.05, 3.63) is 50.4 Å². The minimum absolute atomic E-state index is 0.183. The fourth-order valence-corrected chi connectivity index (χ4v) is 4.15. The number of thiophene rings is 1. The topological polar surface area (TPSA) is 45.2 Å². The molecule has 1 saturated heterocycles. The maximum absolute atomic E-state index is 12.4. The summed E-state index contributed by atoms with van der Waals surface area (Å²) in [5.74, 6) is -0.183. The number of carbonyl (C=O) groups is 1. The number of pyridine rings is 1. The second-order valence-corrected chi connectivity index (χ2v) is 7.24. The number of aromatic nitrogens is 1. The highest BCUT2D eigenvalue weighted by Gasteiger charge is 2.24. The number of nitrogens with one attached hydrogen (secondary N) is 1. The van der Waals surface area contributed by atoms with Gasteiger partial charge >= 0.3 is 0 Å². The van der Waals surface area contributed by atoms with Gasteiger partial charge in [-0.3, -0.25) is 9.69 Å². The molecule has 0 saturated carbocycles. The number of amides is 1. The van der Waals surface area contributed by atoms with Gasteiger partial charge < -0.3 is 5.32 Å². The number of hydrogen-bond acceptors (Lipinski definition) is 4. The predicted molar refractivity (Wildman–Crippen MR) is 94.5 cm³/mol. The number of rotatable bonds is 5. The van der Waals surface area contributed by atoms with Crippen LogP contribution >= 0.6 is 34.5 Å². The molecule has 0 aromatic carbocycles. The number of nitrogens with zero attached hydrogens (tertiary/aromatic N) is 2. The quantitative estimate of drug-likeness (QED) is 0.809. The van der Waals surface area contributed by atoms with Gasteiger partial charge in [0.05, 0.1) is 6.04 Å². The first kappa shape index (κ1) is 16.7. The molecule has 1 aliphatic rings. The lowest BCUT2D eigenvalue weighted by atomic mass is 10.2. The van der Waals surface area contributed by atoms with E-state index >= 15 is 0 Å². The van der Waals surface area contributed by atoms with Crippen LogP contribution in [-0.4, -0.2) is 35.4 Å². The molecule has 1 N–H and O–H groups in total. The van der Waals surface area contributed by atoms with E-state index in [-0.39, 0.29) is 22.3 Å². The van der Waals surface area contributed by atoms with Gasteiger partial charge in [0.15, 0.2) is 0 Å². The van der Waals surface area contributed by atoms with E-state index in [9.17, 15) is 4.79 Å². The van der Waals surface area contributed by atoms with Crippen LogP contribution in [0.25, 0.3) is 0 Å². The molecule has 4 nitrogen and oxygen atoms in total. The van der Waals surface area contributed by atoms with Gasteiger partial charge in [0.25, 0.3) is 5.91 Å². The van der Waals surface area contributed by atoms with Gasteiger partial charge in [0.2, 0.25) is 0 Å². The highest BCUT2D eigenvalue weighted by atomic mass is 35.5. The molecule has 23 heavy (non-hydrogen) atoms. The summed E-state index contributed by atoms with van der Waals surface area (Å²) >= 11 is 13.4. The molecule has 122 valence electrons. The Balaban J connectivity index is 1.69. The zero-order valence-corrected chi connectivity index (χ0v) is 14.8. The first-order chi connectivity index (χ1) is 11.1. The van der Waals surface area contributed by atoms with Crippen molar-refractivity contribution < 1.29 is 4.79 Å². The molecule has 0 aliphatic carbocycles. The van der Waals surface area contributed by atoms with Crippen LogP contribution in [0, 0.1) is 0 Å². The minimum atomic E-state index is -0.183.